The van der Waals surface area contributed by atoms with Crippen molar-refractivity contribution >= 4 is 16.8 Å². The molecule has 1 aliphatic carbocycles. The van der Waals surface area contributed by atoms with Gasteiger partial charge in [0.1, 0.15) is 5.52 Å². The van der Waals surface area contributed by atoms with Crippen molar-refractivity contribution in [3.63, 3.8) is 0 Å². The molecule has 1 saturated carbocycles. The van der Waals surface area contributed by atoms with Crippen LogP contribution >= 0.6 is 0 Å². The van der Waals surface area contributed by atoms with Gasteiger partial charge in [-0.1, -0.05) is 25.8 Å². The zero-order chi connectivity index (χ0) is 14.1. The predicted octanol–water partition coefficient (Wildman–Crippen LogP) is 3.42. The van der Waals surface area contributed by atoms with Crippen molar-refractivity contribution in [1.29, 1.82) is 0 Å². The van der Waals surface area contributed by atoms with Crippen LogP contribution in [0.2, 0.25) is 0 Å². The van der Waals surface area contributed by atoms with Gasteiger partial charge in [-0.3, -0.25) is 4.90 Å². The smallest absolute Gasteiger partial charge is 0.209 e. The van der Waals surface area contributed by atoms with Crippen LogP contribution in [-0.4, -0.2) is 23.0 Å². The molecular weight excluding hydrogens is 250 g/mol. The Morgan fingerprint density at radius 3 is 2.90 bits per heavy atom. The maximum atomic E-state index is 5.93. The van der Waals surface area contributed by atoms with Gasteiger partial charge >= 0.3 is 0 Å². The number of oxazole rings is 1. The highest BCUT2D eigenvalue weighted by molar-refractivity contribution is 5.85. The van der Waals surface area contributed by atoms with Crippen molar-refractivity contribution in [2.75, 3.05) is 12.8 Å². The predicted molar refractivity (Wildman–Crippen MR) is 81.3 cm³/mol. The van der Waals surface area contributed by atoms with E-state index in [1.165, 1.54) is 25.7 Å². The minimum atomic E-state index is 0.635. The number of rotatable bonds is 3. The zero-order valence-electron chi connectivity index (χ0n) is 12.3. The Hall–Kier alpha value is -1.55. The SMILES string of the molecule is CC1CCCCC1N(C)Cc1nc2c(N)cccc2o1. The van der Waals surface area contributed by atoms with Crippen molar-refractivity contribution in [3.8, 4) is 0 Å². The summed E-state index contributed by atoms with van der Waals surface area (Å²) in [5, 5.41) is 0. The van der Waals surface area contributed by atoms with Crippen molar-refractivity contribution in [2.45, 2.75) is 45.2 Å². The number of para-hydroxylation sites is 1. The van der Waals surface area contributed by atoms with E-state index in [4.69, 9.17) is 10.2 Å². The van der Waals surface area contributed by atoms with Gasteiger partial charge < -0.3 is 10.2 Å². The maximum absolute atomic E-state index is 5.93. The zero-order valence-corrected chi connectivity index (χ0v) is 12.3. The van der Waals surface area contributed by atoms with Gasteiger partial charge in [0.05, 0.1) is 12.2 Å². The largest absolute Gasteiger partial charge is 0.439 e. The molecule has 4 nitrogen and oxygen atoms in total. The third kappa shape index (κ3) is 2.52. The summed E-state index contributed by atoms with van der Waals surface area (Å²) in [4.78, 5) is 6.92. The van der Waals surface area contributed by atoms with Gasteiger partial charge in [-0.25, -0.2) is 4.98 Å². The van der Waals surface area contributed by atoms with Crippen molar-refractivity contribution in [1.82, 2.24) is 9.88 Å². The molecule has 2 atom stereocenters. The average molecular weight is 273 g/mol. The van der Waals surface area contributed by atoms with E-state index in [1.807, 2.05) is 18.2 Å². The lowest BCUT2D eigenvalue weighted by Gasteiger charge is -2.35. The summed E-state index contributed by atoms with van der Waals surface area (Å²) in [7, 11) is 2.17. The molecule has 1 fully saturated rings. The maximum Gasteiger partial charge on any atom is 0.209 e. The van der Waals surface area contributed by atoms with Crippen molar-refractivity contribution < 1.29 is 4.42 Å². The monoisotopic (exact) mass is 273 g/mol. The van der Waals surface area contributed by atoms with Crippen LogP contribution in [0.1, 0.15) is 38.5 Å². The van der Waals surface area contributed by atoms with Gasteiger partial charge in [-0.15, -0.1) is 0 Å². The third-order valence-electron chi connectivity index (χ3n) is 4.51. The fraction of sp³-hybridized carbons (Fsp3) is 0.562. The second kappa shape index (κ2) is 5.44. The molecule has 20 heavy (non-hydrogen) atoms. The molecule has 1 aromatic carbocycles. The summed E-state index contributed by atoms with van der Waals surface area (Å²) >= 11 is 0. The molecule has 2 aromatic rings. The van der Waals surface area contributed by atoms with Crippen LogP contribution in [0.5, 0.6) is 0 Å². The number of anilines is 1. The molecule has 4 heteroatoms. The van der Waals surface area contributed by atoms with E-state index < -0.39 is 0 Å². The number of hydrogen-bond acceptors (Lipinski definition) is 4. The van der Waals surface area contributed by atoms with Crippen LogP contribution < -0.4 is 5.73 Å². The van der Waals surface area contributed by atoms with Crippen molar-refractivity contribution in [3.05, 3.63) is 24.1 Å². The molecule has 1 aromatic heterocycles. The first-order valence-corrected chi connectivity index (χ1v) is 7.49. The number of hydrogen-bond donors (Lipinski definition) is 1. The van der Waals surface area contributed by atoms with Crippen LogP contribution in [0.4, 0.5) is 5.69 Å². The van der Waals surface area contributed by atoms with E-state index >= 15 is 0 Å². The van der Waals surface area contributed by atoms with Crippen molar-refractivity contribution in [2.24, 2.45) is 5.92 Å². The van der Waals surface area contributed by atoms with Crippen LogP contribution in [0, 0.1) is 5.92 Å². The van der Waals surface area contributed by atoms with E-state index in [-0.39, 0.29) is 0 Å². The fourth-order valence-corrected chi connectivity index (χ4v) is 3.37. The molecule has 0 radical (unpaired) electrons. The minimum Gasteiger partial charge on any atom is -0.439 e. The molecule has 3 rings (SSSR count). The Bertz CT molecular complexity index is 592. The highest BCUT2D eigenvalue weighted by Crippen LogP contribution is 2.29. The van der Waals surface area contributed by atoms with Crippen LogP contribution in [0.15, 0.2) is 22.6 Å². The lowest BCUT2D eigenvalue weighted by Crippen LogP contribution is -2.38. The second-order valence-electron chi connectivity index (χ2n) is 6.05. The lowest BCUT2D eigenvalue weighted by molar-refractivity contribution is 0.124. The topological polar surface area (TPSA) is 55.3 Å². The molecule has 0 saturated heterocycles. The Balaban J connectivity index is 1.77. The Labute approximate surface area is 120 Å². The van der Waals surface area contributed by atoms with E-state index in [9.17, 15) is 0 Å². The molecule has 0 spiro atoms. The molecule has 0 amide bonds. The second-order valence-corrected chi connectivity index (χ2v) is 6.05. The van der Waals surface area contributed by atoms with Gasteiger partial charge in [-0.05, 0) is 37.9 Å². The number of nitrogens with two attached hydrogens (primary N) is 1. The fourth-order valence-electron chi connectivity index (χ4n) is 3.37. The van der Waals surface area contributed by atoms with E-state index in [2.05, 4.69) is 23.9 Å². The van der Waals surface area contributed by atoms with Crippen LogP contribution in [0.25, 0.3) is 11.1 Å². The summed E-state index contributed by atoms with van der Waals surface area (Å²) in [5.74, 6) is 1.52. The first-order chi connectivity index (χ1) is 9.65. The number of benzene rings is 1. The van der Waals surface area contributed by atoms with Gasteiger partial charge in [0, 0.05) is 6.04 Å². The number of fused-ring (bicyclic) bond motifs is 1. The van der Waals surface area contributed by atoms with Crippen LogP contribution in [0.3, 0.4) is 0 Å². The first-order valence-electron chi connectivity index (χ1n) is 7.49. The van der Waals surface area contributed by atoms with Gasteiger partial charge in [-0.2, -0.15) is 0 Å². The number of nitrogen functional groups attached to an aromatic ring is 1. The molecule has 108 valence electrons. The number of nitrogens with zero attached hydrogens (tertiary/aromatic N) is 2. The normalized spacial score (nSPS) is 23.6. The highest BCUT2D eigenvalue weighted by Gasteiger charge is 2.25. The van der Waals surface area contributed by atoms with Gasteiger partial charge in [0.2, 0.25) is 5.89 Å². The molecule has 1 heterocycles. The quantitative estimate of drug-likeness (QED) is 0.871. The summed E-state index contributed by atoms with van der Waals surface area (Å²) in [6, 6.07) is 6.32. The third-order valence-corrected chi connectivity index (χ3v) is 4.51. The molecular formula is C16H23N3O. The van der Waals surface area contributed by atoms with Gasteiger partial charge in [0.25, 0.3) is 0 Å². The summed E-state index contributed by atoms with van der Waals surface area (Å²) in [6.45, 7) is 3.10. The highest BCUT2D eigenvalue weighted by atomic mass is 16.3. The first kappa shape index (κ1) is 13.4. The molecule has 2 N–H and O–H groups in total. The van der Waals surface area contributed by atoms with Gasteiger partial charge in [0.15, 0.2) is 5.58 Å². The summed E-state index contributed by atoms with van der Waals surface area (Å²) < 4.78 is 5.81. The Kier molecular flexibility index (Phi) is 3.66. The lowest BCUT2D eigenvalue weighted by atomic mass is 9.85. The summed E-state index contributed by atoms with van der Waals surface area (Å²) in [5.41, 5.74) is 8.18. The Morgan fingerprint density at radius 1 is 1.35 bits per heavy atom. The standard InChI is InChI=1S/C16H23N3O/c1-11-6-3-4-8-13(11)19(2)10-15-18-16-12(17)7-5-9-14(16)20-15/h5,7,9,11,13H,3-4,6,8,10,17H2,1-2H3. The van der Waals surface area contributed by atoms with E-state index in [0.29, 0.717) is 11.7 Å². The molecule has 1 aliphatic rings. The molecule has 0 aliphatic heterocycles. The average Bonchev–Trinajstić information content (AvgIpc) is 2.83. The molecule has 0 bridgehead atoms. The Morgan fingerprint density at radius 2 is 2.15 bits per heavy atom. The molecule has 2 unspecified atom stereocenters. The van der Waals surface area contributed by atoms with E-state index in [1.54, 1.807) is 0 Å². The van der Waals surface area contributed by atoms with Crippen LogP contribution in [-0.2, 0) is 6.54 Å². The number of aromatic nitrogens is 1. The minimum absolute atomic E-state index is 0.635. The summed E-state index contributed by atoms with van der Waals surface area (Å²) in [6.07, 6.45) is 5.31. The van der Waals surface area contributed by atoms with E-state index in [0.717, 1.165) is 29.5 Å².